The summed E-state index contributed by atoms with van der Waals surface area (Å²) in [5.74, 6) is 0.755. The lowest BCUT2D eigenvalue weighted by molar-refractivity contribution is 1.18. The first-order valence-corrected chi connectivity index (χ1v) is 3.65. The molecule has 4 heteroatoms. The van der Waals surface area contributed by atoms with Crippen molar-refractivity contribution in [1.29, 1.82) is 0 Å². The maximum atomic E-state index is 5.24. The minimum absolute atomic E-state index is 0.755. The second-order valence-corrected chi connectivity index (χ2v) is 2.73. The maximum Gasteiger partial charge on any atom is 0.114 e. The highest BCUT2D eigenvalue weighted by Crippen LogP contribution is 2.25. The van der Waals surface area contributed by atoms with Crippen LogP contribution in [0.5, 0.6) is 0 Å². The molecule has 0 fully saturated rings. The van der Waals surface area contributed by atoms with Crippen LogP contribution in [0.3, 0.4) is 0 Å². The molecule has 0 spiro atoms. The van der Waals surface area contributed by atoms with Crippen molar-refractivity contribution in [2.45, 2.75) is 0 Å². The van der Waals surface area contributed by atoms with E-state index in [2.05, 4.69) is 4.72 Å². The first-order chi connectivity index (χ1) is 2.89. The first kappa shape index (κ1) is 4.21. The molecule has 0 aromatic heterocycles. The molecule has 2 nitrogen and oxygen atoms in total. The van der Waals surface area contributed by atoms with Gasteiger partial charge in [-0.2, -0.15) is 0 Å². The molecule has 6 heavy (non-hydrogen) atoms. The van der Waals surface area contributed by atoms with Crippen LogP contribution in [0.15, 0.2) is 11.2 Å². The maximum absolute atomic E-state index is 5.24. The van der Waals surface area contributed by atoms with Crippen LogP contribution in [-0.4, -0.2) is 0 Å². The molecule has 0 amide bonds. The topological polar surface area (TPSA) is 38.0 Å². The van der Waals surface area contributed by atoms with E-state index in [-0.39, 0.29) is 0 Å². The SMILES string of the molecule is NC1=CSSN1. The zero-order valence-corrected chi connectivity index (χ0v) is 4.60. The molecular formula is C2H4N2S2. The lowest BCUT2D eigenvalue weighted by atomic mass is 10.9. The normalized spacial score (nSPS) is 19.7. The predicted octanol–water partition coefficient (Wildman–Crippen LogP) is 0.644. The fraction of sp³-hybridized carbons (Fsp3) is 0. The summed E-state index contributed by atoms with van der Waals surface area (Å²) < 4.78 is 2.84. The average Bonchev–Trinajstić information content (AvgIpc) is 1.86. The molecule has 3 N–H and O–H groups in total. The Morgan fingerprint density at radius 3 is 2.83 bits per heavy atom. The van der Waals surface area contributed by atoms with Crippen molar-refractivity contribution < 1.29 is 0 Å². The highest BCUT2D eigenvalue weighted by Gasteiger charge is 1.95. The Bertz CT molecular complexity index is 79.6. The van der Waals surface area contributed by atoms with E-state index < -0.39 is 0 Å². The molecule has 0 saturated carbocycles. The van der Waals surface area contributed by atoms with Gasteiger partial charge in [0.25, 0.3) is 0 Å². The highest BCUT2D eigenvalue weighted by molar-refractivity contribution is 8.77. The van der Waals surface area contributed by atoms with Gasteiger partial charge in [-0.1, -0.05) is 0 Å². The summed E-state index contributed by atoms with van der Waals surface area (Å²) in [6, 6.07) is 0. The van der Waals surface area contributed by atoms with Gasteiger partial charge in [0.05, 0.1) is 0 Å². The average molecular weight is 120 g/mol. The number of nitrogens with one attached hydrogen (secondary N) is 1. The van der Waals surface area contributed by atoms with Gasteiger partial charge in [0.1, 0.15) is 5.82 Å². The van der Waals surface area contributed by atoms with Crippen molar-refractivity contribution >= 4 is 21.8 Å². The molecule has 0 atom stereocenters. The summed E-state index contributed by atoms with van der Waals surface area (Å²) in [6.45, 7) is 0. The Morgan fingerprint density at radius 2 is 2.67 bits per heavy atom. The van der Waals surface area contributed by atoms with Crippen molar-refractivity contribution in [1.82, 2.24) is 4.72 Å². The second kappa shape index (κ2) is 1.66. The van der Waals surface area contributed by atoms with Crippen molar-refractivity contribution in [2.75, 3.05) is 0 Å². The molecule has 0 aromatic carbocycles. The lowest BCUT2D eigenvalue weighted by Gasteiger charge is -1.86. The largest absolute Gasteiger partial charge is 0.384 e. The Hall–Kier alpha value is 0.0400. The Kier molecular flexibility index (Phi) is 1.16. The highest BCUT2D eigenvalue weighted by atomic mass is 33.1. The smallest absolute Gasteiger partial charge is 0.114 e. The molecule has 0 radical (unpaired) electrons. The summed E-state index contributed by atoms with van der Waals surface area (Å²) in [5.41, 5.74) is 5.24. The standard InChI is InChI=1S/C2H4N2S2/c3-2-1-5-6-4-2/h1,4H,3H2. The Morgan fingerprint density at radius 1 is 1.83 bits per heavy atom. The second-order valence-electron chi connectivity index (χ2n) is 0.855. The van der Waals surface area contributed by atoms with Gasteiger partial charge in [0.15, 0.2) is 0 Å². The predicted molar refractivity (Wildman–Crippen MR) is 30.6 cm³/mol. The van der Waals surface area contributed by atoms with E-state index in [4.69, 9.17) is 5.73 Å². The van der Waals surface area contributed by atoms with Gasteiger partial charge in [0.2, 0.25) is 0 Å². The van der Waals surface area contributed by atoms with Crippen LogP contribution in [-0.2, 0) is 0 Å². The zero-order chi connectivity index (χ0) is 4.41. The van der Waals surface area contributed by atoms with E-state index in [1.54, 1.807) is 10.8 Å². The minimum Gasteiger partial charge on any atom is -0.384 e. The molecule has 0 unspecified atom stereocenters. The van der Waals surface area contributed by atoms with Gasteiger partial charge in [-0.15, -0.1) is 0 Å². The monoisotopic (exact) mass is 120 g/mol. The molecule has 0 aromatic rings. The van der Waals surface area contributed by atoms with E-state index in [0.717, 1.165) is 5.82 Å². The van der Waals surface area contributed by atoms with Crippen molar-refractivity contribution in [3.05, 3.63) is 11.2 Å². The number of hydrogen-bond donors (Lipinski definition) is 2. The molecule has 1 aliphatic heterocycles. The third-order valence-corrected chi connectivity index (χ3v) is 1.98. The van der Waals surface area contributed by atoms with Crippen LogP contribution in [0.1, 0.15) is 0 Å². The lowest BCUT2D eigenvalue weighted by Crippen LogP contribution is -2.06. The summed E-state index contributed by atoms with van der Waals surface area (Å²) >= 11 is 0. The summed E-state index contributed by atoms with van der Waals surface area (Å²) in [7, 11) is 3.13. The van der Waals surface area contributed by atoms with Crippen LogP contribution >= 0.6 is 21.8 Å². The van der Waals surface area contributed by atoms with Gasteiger partial charge in [-0.05, 0) is 10.8 Å². The molecule has 0 aliphatic carbocycles. The molecular weight excluding hydrogens is 116 g/mol. The summed E-state index contributed by atoms with van der Waals surface area (Å²) in [5, 5.41) is 1.87. The number of hydrogen-bond acceptors (Lipinski definition) is 4. The molecule has 1 rings (SSSR count). The number of rotatable bonds is 0. The van der Waals surface area contributed by atoms with E-state index in [1.165, 1.54) is 11.0 Å². The Balaban J connectivity index is 2.45. The molecule has 0 saturated heterocycles. The van der Waals surface area contributed by atoms with Gasteiger partial charge in [-0.3, -0.25) is 0 Å². The van der Waals surface area contributed by atoms with Crippen LogP contribution in [0, 0.1) is 0 Å². The van der Waals surface area contributed by atoms with Crippen LogP contribution < -0.4 is 10.5 Å². The molecule has 1 heterocycles. The van der Waals surface area contributed by atoms with Crippen molar-refractivity contribution in [3.8, 4) is 0 Å². The number of nitrogens with two attached hydrogens (primary N) is 1. The van der Waals surface area contributed by atoms with Crippen molar-refractivity contribution in [3.63, 3.8) is 0 Å². The van der Waals surface area contributed by atoms with E-state index in [9.17, 15) is 0 Å². The van der Waals surface area contributed by atoms with Gasteiger partial charge in [0, 0.05) is 16.4 Å². The minimum atomic E-state index is 0.755. The third kappa shape index (κ3) is 0.753. The first-order valence-electron chi connectivity index (χ1n) is 1.43. The fourth-order valence-electron chi connectivity index (χ4n) is 0.172. The van der Waals surface area contributed by atoms with Gasteiger partial charge < -0.3 is 10.5 Å². The van der Waals surface area contributed by atoms with E-state index in [0.29, 0.717) is 0 Å². The van der Waals surface area contributed by atoms with E-state index in [1.807, 2.05) is 5.41 Å². The fourth-order valence-corrected chi connectivity index (χ4v) is 1.55. The molecule has 1 aliphatic rings. The van der Waals surface area contributed by atoms with Crippen LogP contribution in [0.2, 0.25) is 0 Å². The van der Waals surface area contributed by atoms with Crippen LogP contribution in [0.4, 0.5) is 0 Å². The third-order valence-electron chi connectivity index (χ3n) is 0.383. The van der Waals surface area contributed by atoms with Gasteiger partial charge in [-0.25, -0.2) is 0 Å². The van der Waals surface area contributed by atoms with Crippen LogP contribution in [0.25, 0.3) is 0 Å². The summed E-state index contributed by atoms with van der Waals surface area (Å²) in [6.07, 6.45) is 0. The van der Waals surface area contributed by atoms with Crippen molar-refractivity contribution in [2.24, 2.45) is 5.73 Å². The quantitative estimate of drug-likeness (QED) is 0.363. The zero-order valence-electron chi connectivity index (χ0n) is 2.97. The molecule has 0 bridgehead atoms. The Labute approximate surface area is 44.1 Å². The van der Waals surface area contributed by atoms with E-state index >= 15 is 0 Å². The molecule has 34 valence electrons. The van der Waals surface area contributed by atoms with Gasteiger partial charge >= 0.3 is 0 Å². The summed E-state index contributed by atoms with van der Waals surface area (Å²) in [4.78, 5) is 0.